The Morgan fingerprint density at radius 2 is 1.97 bits per heavy atom. The molecule has 4 aromatic rings. The molecule has 0 radical (unpaired) electrons. The van der Waals surface area contributed by atoms with E-state index < -0.39 is 0 Å². The topological polar surface area (TPSA) is 85.2 Å². The molecule has 6 nitrogen and oxygen atoms in total. The highest BCUT2D eigenvalue weighted by atomic mass is 35.5. The number of benzene rings is 2. The summed E-state index contributed by atoms with van der Waals surface area (Å²) in [5.74, 6) is 0.691. The fraction of sp³-hybridized carbons (Fsp3) is 0.174. The molecular formula is C23H18Cl2N4O2. The standard InChI is InChI=1S/C23H18Cl2N4O2/c24-16-7-18-21(30)15(12-31-22(18)19(25)8-16)11-29-6-5-20-14(10-29)9-27-23(28-20)13-1-3-17(26)4-2-13/h1-4,7-9,12H,5-6,10-11,26H2. The molecule has 5 rings (SSSR count). The van der Waals surface area contributed by atoms with Gasteiger partial charge in [0.25, 0.3) is 0 Å². The Hall–Kier alpha value is -2.93. The van der Waals surface area contributed by atoms with Crippen molar-refractivity contribution in [1.82, 2.24) is 14.9 Å². The van der Waals surface area contributed by atoms with Gasteiger partial charge in [-0.2, -0.15) is 0 Å². The van der Waals surface area contributed by atoms with E-state index in [0.29, 0.717) is 51.2 Å². The normalized spacial score (nSPS) is 14.0. The van der Waals surface area contributed by atoms with Crippen molar-refractivity contribution in [2.24, 2.45) is 0 Å². The zero-order valence-electron chi connectivity index (χ0n) is 16.4. The number of nitrogens with zero attached hydrogens (tertiary/aromatic N) is 3. The summed E-state index contributed by atoms with van der Waals surface area (Å²) in [5.41, 5.74) is 10.3. The number of hydrogen-bond donors (Lipinski definition) is 1. The summed E-state index contributed by atoms with van der Waals surface area (Å²) in [6, 6.07) is 10.7. The van der Waals surface area contributed by atoms with Crippen LogP contribution in [-0.2, 0) is 19.5 Å². The molecule has 2 aromatic heterocycles. The Morgan fingerprint density at radius 3 is 2.77 bits per heavy atom. The first-order chi connectivity index (χ1) is 15.0. The number of nitrogen functional groups attached to an aromatic ring is 1. The third kappa shape index (κ3) is 3.90. The van der Waals surface area contributed by atoms with Crippen molar-refractivity contribution in [3.63, 3.8) is 0 Å². The van der Waals surface area contributed by atoms with Gasteiger partial charge in [0.2, 0.25) is 0 Å². The van der Waals surface area contributed by atoms with Crippen LogP contribution in [0.3, 0.4) is 0 Å². The maximum atomic E-state index is 12.9. The Labute approximate surface area is 188 Å². The lowest BCUT2D eigenvalue weighted by atomic mass is 10.1. The molecule has 0 amide bonds. The summed E-state index contributed by atoms with van der Waals surface area (Å²) in [5, 5.41) is 1.12. The van der Waals surface area contributed by atoms with Crippen LogP contribution < -0.4 is 11.2 Å². The van der Waals surface area contributed by atoms with Gasteiger partial charge in [0.05, 0.1) is 22.4 Å². The number of fused-ring (bicyclic) bond motifs is 2. The highest BCUT2D eigenvalue weighted by molar-refractivity contribution is 6.38. The van der Waals surface area contributed by atoms with Crippen LogP contribution in [0.25, 0.3) is 22.4 Å². The molecule has 31 heavy (non-hydrogen) atoms. The number of hydrogen-bond acceptors (Lipinski definition) is 6. The largest absolute Gasteiger partial charge is 0.462 e. The third-order valence-electron chi connectivity index (χ3n) is 5.44. The summed E-state index contributed by atoms with van der Waals surface area (Å²) in [7, 11) is 0. The fourth-order valence-electron chi connectivity index (χ4n) is 3.84. The highest BCUT2D eigenvalue weighted by Gasteiger charge is 2.21. The molecule has 2 N–H and O–H groups in total. The number of rotatable bonds is 3. The van der Waals surface area contributed by atoms with Gasteiger partial charge in [-0.25, -0.2) is 9.97 Å². The van der Waals surface area contributed by atoms with Crippen molar-refractivity contribution >= 4 is 39.9 Å². The Morgan fingerprint density at radius 1 is 1.16 bits per heavy atom. The maximum absolute atomic E-state index is 12.9. The number of aromatic nitrogens is 2. The van der Waals surface area contributed by atoms with Crippen LogP contribution >= 0.6 is 23.2 Å². The van der Waals surface area contributed by atoms with Gasteiger partial charge in [0.1, 0.15) is 0 Å². The number of nitrogens with two attached hydrogens (primary N) is 1. The molecule has 0 unspecified atom stereocenters. The monoisotopic (exact) mass is 452 g/mol. The lowest BCUT2D eigenvalue weighted by molar-refractivity contribution is 0.240. The minimum atomic E-state index is -0.119. The van der Waals surface area contributed by atoms with Crippen LogP contribution in [0.5, 0.6) is 0 Å². The first-order valence-electron chi connectivity index (χ1n) is 9.80. The van der Waals surface area contributed by atoms with E-state index in [1.807, 2.05) is 30.5 Å². The summed E-state index contributed by atoms with van der Waals surface area (Å²) < 4.78 is 5.64. The van der Waals surface area contributed by atoms with Gasteiger partial charge < -0.3 is 10.2 Å². The van der Waals surface area contributed by atoms with Crippen LogP contribution in [0.15, 0.2) is 58.1 Å². The molecule has 156 valence electrons. The summed E-state index contributed by atoms with van der Waals surface area (Å²) in [4.78, 5) is 24.4. The molecule has 8 heteroatoms. The van der Waals surface area contributed by atoms with Crippen molar-refractivity contribution < 1.29 is 4.42 Å². The Bertz CT molecular complexity index is 1350. The molecule has 0 bridgehead atoms. The maximum Gasteiger partial charge on any atom is 0.197 e. The molecule has 0 saturated carbocycles. The van der Waals surface area contributed by atoms with Crippen molar-refractivity contribution in [1.29, 1.82) is 0 Å². The first kappa shape index (κ1) is 20.0. The van der Waals surface area contributed by atoms with Crippen LogP contribution in [0.4, 0.5) is 5.69 Å². The van der Waals surface area contributed by atoms with Gasteiger partial charge in [-0.15, -0.1) is 0 Å². The van der Waals surface area contributed by atoms with Gasteiger partial charge in [-0.1, -0.05) is 23.2 Å². The molecule has 1 aliphatic rings. The number of anilines is 1. The second-order valence-corrected chi connectivity index (χ2v) is 8.45. The van der Waals surface area contributed by atoms with E-state index in [0.717, 1.165) is 29.8 Å². The average molecular weight is 453 g/mol. The SMILES string of the molecule is Nc1ccc(-c2ncc3c(n2)CCN(Cc2coc4c(Cl)cc(Cl)cc4c2=O)C3)cc1. The molecule has 0 atom stereocenters. The lowest BCUT2D eigenvalue weighted by Crippen LogP contribution is -2.32. The van der Waals surface area contributed by atoms with Gasteiger partial charge in [-0.3, -0.25) is 9.69 Å². The molecule has 0 saturated heterocycles. The van der Waals surface area contributed by atoms with E-state index in [1.54, 1.807) is 12.1 Å². The van der Waals surface area contributed by atoms with E-state index in [-0.39, 0.29) is 5.43 Å². The minimum absolute atomic E-state index is 0.119. The van der Waals surface area contributed by atoms with Crippen LogP contribution in [0.1, 0.15) is 16.8 Å². The molecule has 2 aromatic carbocycles. The predicted octanol–water partition coefficient (Wildman–Crippen LogP) is 4.70. The van der Waals surface area contributed by atoms with Gasteiger partial charge in [0, 0.05) is 59.7 Å². The molecule has 3 heterocycles. The second kappa shape index (κ2) is 7.96. The molecule has 0 fully saturated rings. The summed E-state index contributed by atoms with van der Waals surface area (Å²) in [6.07, 6.45) is 4.12. The Balaban J connectivity index is 1.38. The average Bonchev–Trinajstić information content (AvgIpc) is 2.76. The molecule has 1 aliphatic heterocycles. The summed E-state index contributed by atoms with van der Waals surface area (Å²) in [6.45, 7) is 1.89. The Kier molecular flexibility index (Phi) is 5.14. The highest BCUT2D eigenvalue weighted by Crippen LogP contribution is 2.27. The van der Waals surface area contributed by atoms with Crippen molar-refractivity contribution in [3.05, 3.63) is 85.9 Å². The van der Waals surface area contributed by atoms with Crippen LogP contribution in [0.2, 0.25) is 10.0 Å². The zero-order chi connectivity index (χ0) is 21.5. The lowest BCUT2D eigenvalue weighted by Gasteiger charge is -2.27. The number of halogens is 2. The van der Waals surface area contributed by atoms with E-state index in [4.69, 9.17) is 38.3 Å². The van der Waals surface area contributed by atoms with E-state index in [9.17, 15) is 4.79 Å². The van der Waals surface area contributed by atoms with E-state index in [1.165, 1.54) is 6.26 Å². The molecule has 0 aliphatic carbocycles. The van der Waals surface area contributed by atoms with Crippen molar-refractivity contribution in [3.8, 4) is 11.4 Å². The predicted molar refractivity (Wildman–Crippen MR) is 122 cm³/mol. The quantitative estimate of drug-likeness (QED) is 0.453. The second-order valence-electron chi connectivity index (χ2n) is 7.60. The van der Waals surface area contributed by atoms with Crippen LogP contribution in [-0.4, -0.2) is 21.4 Å². The minimum Gasteiger partial charge on any atom is -0.462 e. The fourth-order valence-corrected chi connectivity index (χ4v) is 4.37. The zero-order valence-corrected chi connectivity index (χ0v) is 18.0. The van der Waals surface area contributed by atoms with Gasteiger partial charge in [-0.05, 0) is 36.4 Å². The van der Waals surface area contributed by atoms with E-state index in [2.05, 4.69) is 9.88 Å². The summed E-state index contributed by atoms with van der Waals surface area (Å²) >= 11 is 12.2. The van der Waals surface area contributed by atoms with Crippen molar-refractivity contribution in [2.45, 2.75) is 19.5 Å². The third-order valence-corrected chi connectivity index (χ3v) is 5.94. The van der Waals surface area contributed by atoms with Gasteiger partial charge >= 0.3 is 0 Å². The van der Waals surface area contributed by atoms with E-state index >= 15 is 0 Å². The van der Waals surface area contributed by atoms with Gasteiger partial charge in [0.15, 0.2) is 16.8 Å². The van der Waals surface area contributed by atoms with Crippen LogP contribution in [0, 0.1) is 0 Å². The molecule has 0 spiro atoms. The molecular weight excluding hydrogens is 435 g/mol. The smallest absolute Gasteiger partial charge is 0.197 e. The first-order valence-corrected chi connectivity index (χ1v) is 10.6. The van der Waals surface area contributed by atoms with Crippen molar-refractivity contribution in [2.75, 3.05) is 12.3 Å².